The van der Waals surface area contributed by atoms with Crippen LogP contribution in [-0.4, -0.2) is 37.6 Å². The molecule has 7 nitrogen and oxygen atoms in total. The molecule has 0 radical (unpaired) electrons. The molecule has 9 heteroatoms. The molecule has 4 N–H and O–H groups in total. The Morgan fingerprint density at radius 3 is 2.83 bits per heavy atom. The molecule has 1 saturated heterocycles. The van der Waals surface area contributed by atoms with E-state index in [1.54, 1.807) is 29.2 Å². The number of benzene rings is 2. The number of hydrogen-bond donors (Lipinski definition) is 3. The zero-order valence-corrected chi connectivity index (χ0v) is 18.0. The highest BCUT2D eigenvalue weighted by atomic mass is 32.2. The van der Waals surface area contributed by atoms with Gasteiger partial charge in [0.25, 0.3) is 10.0 Å². The van der Waals surface area contributed by atoms with Crippen molar-refractivity contribution in [3.8, 4) is 0 Å². The van der Waals surface area contributed by atoms with E-state index in [-0.39, 0.29) is 16.0 Å². The van der Waals surface area contributed by atoms with Crippen LogP contribution in [0.5, 0.6) is 0 Å². The lowest BCUT2D eigenvalue weighted by molar-refractivity contribution is -0.129. The standard InChI is InChI=1S/C21H22N4O3S2/c1-13-5-6-18-16(9-13)11-19(29-18)30(27,28)24-17-7-8-25(21(17)26)12-14-3-2-4-15(10-14)20(22)23/h2-6,9-11,17,24H,7-8,12H2,1H3,(H3,22,23)/t17-/m0/s1. The summed E-state index contributed by atoms with van der Waals surface area (Å²) < 4.78 is 29.4. The molecule has 1 aromatic heterocycles. The molecule has 30 heavy (non-hydrogen) atoms. The number of amidine groups is 1. The van der Waals surface area contributed by atoms with E-state index in [1.165, 1.54) is 11.3 Å². The van der Waals surface area contributed by atoms with Gasteiger partial charge in [-0.2, -0.15) is 4.72 Å². The number of thiophene rings is 1. The summed E-state index contributed by atoms with van der Waals surface area (Å²) in [5.74, 6) is -0.280. The third-order valence-corrected chi connectivity index (χ3v) is 8.18. The molecule has 156 valence electrons. The Morgan fingerprint density at radius 2 is 2.07 bits per heavy atom. The predicted molar refractivity (Wildman–Crippen MR) is 118 cm³/mol. The molecule has 0 saturated carbocycles. The zero-order valence-electron chi connectivity index (χ0n) is 16.4. The van der Waals surface area contributed by atoms with Crippen LogP contribution >= 0.6 is 11.3 Å². The Bertz CT molecular complexity index is 1250. The second kappa shape index (κ2) is 7.82. The van der Waals surface area contributed by atoms with E-state index in [1.807, 2.05) is 31.2 Å². The molecule has 1 amide bonds. The van der Waals surface area contributed by atoms with Gasteiger partial charge in [-0.05, 0) is 42.5 Å². The summed E-state index contributed by atoms with van der Waals surface area (Å²) >= 11 is 1.20. The minimum Gasteiger partial charge on any atom is -0.384 e. The molecule has 0 unspecified atom stereocenters. The largest absolute Gasteiger partial charge is 0.384 e. The maximum absolute atomic E-state index is 12.9. The van der Waals surface area contributed by atoms with Gasteiger partial charge >= 0.3 is 0 Å². The second-order valence-electron chi connectivity index (χ2n) is 7.44. The Morgan fingerprint density at radius 1 is 1.27 bits per heavy atom. The van der Waals surface area contributed by atoms with Gasteiger partial charge < -0.3 is 10.6 Å². The number of sulfonamides is 1. The number of hydrogen-bond acceptors (Lipinski definition) is 5. The average Bonchev–Trinajstić information content (AvgIpc) is 3.27. The molecule has 0 bridgehead atoms. The molecule has 0 spiro atoms. The quantitative estimate of drug-likeness (QED) is 0.402. The number of nitrogens with zero attached hydrogens (tertiary/aromatic N) is 1. The molecular weight excluding hydrogens is 420 g/mol. The highest BCUT2D eigenvalue weighted by Gasteiger charge is 2.35. The Kier molecular flexibility index (Phi) is 5.35. The molecule has 4 rings (SSSR count). The van der Waals surface area contributed by atoms with E-state index >= 15 is 0 Å². The summed E-state index contributed by atoms with van der Waals surface area (Å²) in [5.41, 5.74) is 8.03. The van der Waals surface area contributed by atoms with Gasteiger partial charge in [0.1, 0.15) is 16.1 Å². The monoisotopic (exact) mass is 442 g/mol. The van der Waals surface area contributed by atoms with E-state index < -0.39 is 16.1 Å². The summed E-state index contributed by atoms with van der Waals surface area (Å²) in [6.45, 7) is 2.77. The SMILES string of the molecule is Cc1ccc2sc(S(=O)(=O)N[C@H]3CCN(Cc4cccc(C(=N)N)c4)C3=O)cc2c1. The van der Waals surface area contributed by atoms with Crippen LogP contribution in [0.3, 0.4) is 0 Å². The maximum Gasteiger partial charge on any atom is 0.250 e. The summed E-state index contributed by atoms with van der Waals surface area (Å²) in [6.07, 6.45) is 0.411. The van der Waals surface area contributed by atoms with Crippen molar-refractivity contribution in [2.45, 2.75) is 30.1 Å². The van der Waals surface area contributed by atoms with E-state index in [0.29, 0.717) is 25.1 Å². The first-order chi connectivity index (χ1) is 14.2. The molecule has 1 atom stereocenters. The van der Waals surface area contributed by atoms with E-state index in [0.717, 1.165) is 21.2 Å². The molecule has 2 aromatic carbocycles. The number of carbonyl (C=O) groups is 1. The van der Waals surface area contributed by atoms with Crippen molar-refractivity contribution in [2.75, 3.05) is 6.54 Å². The van der Waals surface area contributed by atoms with E-state index in [4.69, 9.17) is 11.1 Å². The number of carbonyl (C=O) groups excluding carboxylic acids is 1. The number of nitrogens with two attached hydrogens (primary N) is 1. The molecule has 3 aromatic rings. The smallest absolute Gasteiger partial charge is 0.250 e. The van der Waals surface area contributed by atoms with Crippen LogP contribution in [0.15, 0.2) is 52.7 Å². The van der Waals surface area contributed by atoms with Gasteiger partial charge in [0.05, 0.1) is 0 Å². The topological polar surface area (TPSA) is 116 Å². The number of fused-ring (bicyclic) bond motifs is 1. The first-order valence-corrected chi connectivity index (χ1v) is 11.8. The van der Waals surface area contributed by atoms with Gasteiger partial charge in [0.15, 0.2) is 0 Å². The third-order valence-electron chi connectivity index (χ3n) is 5.12. The first kappa shape index (κ1) is 20.5. The highest BCUT2D eigenvalue weighted by molar-refractivity contribution is 7.91. The molecule has 2 heterocycles. The summed E-state index contributed by atoms with van der Waals surface area (Å²) in [7, 11) is -3.79. The summed E-state index contributed by atoms with van der Waals surface area (Å²) in [5, 5.41) is 8.42. The Hall–Kier alpha value is -2.75. The van der Waals surface area contributed by atoms with Crippen LogP contribution in [0.4, 0.5) is 0 Å². The highest BCUT2D eigenvalue weighted by Crippen LogP contribution is 2.30. The predicted octanol–water partition coefficient (Wildman–Crippen LogP) is 2.57. The van der Waals surface area contributed by atoms with Crippen LogP contribution in [0.1, 0.15) is 23.1 Å². The van der Waals surface area contributed by atoms with Gasteiger partial charge in [-0.1, -0.05) is 35.9 Å². The number of nitrogens with one attached hydrogen (secondary N) is 2. The number of nitrogen functional groups attached to an aromatic ring is 1. The lowest BCUT2D eigenvalue weighted by Crippen LogP contribution is -2.41. The average molecular weight is 443 g/mol. The van der Waals surface area contributed by atoms with E-state index in [2.05, 4.69) is 4.72 Å². The van der Waals surface area contributed by atoms with Crippen molar-refractivity contribution >= 4 is 43.2 Å². The van der Waals surface area contributed by atoms with Gasteiger partial charge in [-0.25, -0.2) is 8.42 Å². The van der Waals surface area contributed by atoms with Crippen LogP contribution in [-0.2, 0) is 21.4 Å². The molecule has 1 aliphatic rings. The fourth-order valence-electron chi connectivity index (χ4n) is 3.58. The van der Waals surface area contributed by atoms with Gasteiger partial charge in [-0.3, -0.25) is 10.2 Å². The molecular formula is C21H22N4O3S2. The number of aryl methyl sites for hydroxylation is 1. The van der Waals surface area contributed by atoms with Crippen molar-refractivity contribution < 1.29 is 13.2 Å². The van der Waals surface area contributed by atoms with Crippen molar-refractivity contribution in [1.29, 1.82) is 5.41 Å². The van der Waals surface area contributed by atoms with Gasteiger partial charge in [0, 0.05) is 23.4 Å². The third kappa shape index (κ3) is 4.09. The fourth-order valence-corrected chi connectivity index (χ4v) is 6.20. The van der Waals surface area contributed by atoms with Crippen LogP contribution in [0.2, 0.25) is 0 Å². The fraction of sp³-hybridized carbons (Fsp3) is 0.238. The van der Waals surface area contributed by atoms with Crippen LogP contribution < -0.4 is 10.5 Å². The Balaban J connectivity index is 1.48. The second-order valence-corrected chi connectivity index (χ2v) is 10.5. The molecule has 1 aliphatic heterocycles. The lowest BCUT2D eigenvalue weighted by atomic mass is 10.1. The lowest BCUT2D eigenvalue weighted by Gasteiger charge is -2.17. The molecule has 0 aliphatic carbocycles. The number of rotatable bonds is 6. The van der Waals surface area contributed by atoms with E-state index in [9.17, 15) is 13.2 Å². The van der Waals surface area contributed by atoms with Gasteiger partial charge in [0.2, 0.25) is 5.91 Å². The minimum absolute atomic E-state index is 0.0336. The first-order valence-electron chi connectivity index (χ1n) is 9.47. The number of amides is 1. The van der Waals surface area contributed by atoms with Gasteiger partial charge in [-0.15, -0.1) is 11.3 Å². The normalized spacial score (nSPS) is 17.0. The molecule has 1 fully saturated rings. The van der Waals surface area contributed by atoms with Crippen molar-refractivity contribution in [1.82, 2.24) is 9.62 Å². The minimum atomic E-state index is -3.79. The zero-order chi connectivity index (χ0) is 21.5. The maximum atomic E-state index is 12.9. The van der Waals surface area contributed by atoms with Crippen LogP contribution in [0, 0.1) is 12.3 Å². The number of likely N-dealkylation sites (tertiary alicyclic amines) is 1. The van der Waals surface area contributed by atoms with Crippen LogP contribution in [0.25, 0.3) is 10.1 Å². The Labute approximate surface area is 179 Å². The van der Waals surface area contributed by atoms with Crippen molar-refractivity contribution in [3.63, 3.8) is 0 Å². The van der Waals surface area contributed by atoms with Crippen molar-refractivity contribution in [3.05, 3.63) is 65.2 Å². The van der Waals surface area contributed by atoms with Crippen molar-refractivity contribution in [2.24, 2.45) is 5.73 Å². The summed E-state index contributed by atoms with van der Waals surface area (Å²) in [4.78, 5) is 14.4. The summed E-state index contributed by atoms with van der Waals surface area (Å²) in [6, 6.07) is 13.8.